The second-order valence-corrected chi connectivity index (χ2v) is 4.88. The molecule has 0 atom stereocenters. The van der Waals surface area contributed by atoms with Gasteiger partial charge in [0.1, 0.15) is 5.82 Å². The van der Waals surface area contributed by atoms with E-state index in [0.717, 1.165) is 18.2 Å². The topological polar surface area (TPSA) is 55.1 Å². The van der Waals surface area contributed by atoms with Crippen LogP contribution in [0.2, 0.25) is 0 Å². The molecule has 0 heterocycles. The van der Waals surface area contributed by atoms with E-state index in [0.29, 0.717) is 6.07 Å². The van der Waals surface area contributed by atoms with E-state index in [4.69, 9.17) is 5.73 Å². The van der Waals surface area contributed by atoms with Crippen molar-refractivity contribution in [2.45, 2.75) is 0 Å². The maximum Gasteiger partial charge on any atom is 0.256 e. The summed E-state index contributed by atoms with van der Waals surface area (Å²) in [6.45, 7) is 0. The fourth-order valence-electron chi connectivity index (χ4n) is 1.55. The van der Waals surface area contributed by atoms with Crippen LogP contribution in [0.1, 0.15) is 10.4 Å². The second-order valence-electron chi connectivity index (χ2n) is 4.03. The van der Waals surface area contributed by atoms with Crippen LogP contribution >= 0.6 is 15.9 Å². The zero-order valence-electron chi connectivity index (χ0n) is 10.2. The molecule has 0 unspecified atom stereocenters. The smallest absolute Gasteiger partial charge is 0.256 e. The number of carbonyl (C=O) groups excluding carboxylic acids is 1. The maximum absolute atomic E-state index is 13.5. The number of anilines is 2. The van der Waals surface area contributed by atoms with E-state index >= 15 is 0 Å². The largest absolute Gasteiger partial charge is 0.396 e. The van der Waals surface area contributed by atoms with Crippen LogP contribution in [0.5, 0.6) is 0 Å². The van der Waals surface area contributed by atoms with Crippen molar-refractivity contribution in [1.82, 2.24) is 0 Å². The van der Waals surface area contributed by atoms with Crippen LogP contribution in [0.15, 0.2) is 28.7 Å². The van der Waals surface area contributed by atoms with Crippen molar-refractivity contribution in [2.75, 3.05) is 11.1 Å². The SMILES string of the molecule is Nc1cc(C(=O)Nc2ccc(F)c(F)c2F)c(Br)cc1F. The molecule has 2 aromatic rings. The second kappa shape index (κ2) is 5.72. The summed E-state index contributed by atoms with van der Waals surface area (Å²) in [6.07, 6.45) is 0. The molecule has 0 spiro atoms. The molecular formula is C13H7BrF4N2O. The lowest BCUT2D eigenvalue weighted by Crippen LogP contribution is -2.15. The van der Waals surface area contributed by atoms with Gasteiger partial charge in [-0.05, 0) is 40.2 Å². The zero-order valence-corrected chi connectivity index (χ0v) is 11.8. The molecule has 0 aliphatic rings. The highest BCUT2D eigenvalue weighted by atomic mass is 79.9. The quantitative estimate of drug-likeness (QED) is 0.484. The summed E-state index contributed by atoms with van der Waals surface area (Å²) in [5.41, 5.74) is 4.42. The van der Waals surface area contributed by atoms with Crippen molar-refractivity contribution in [2.24, 2.45) is 0 Å². The minimum atomic E-state index is -1.70. The number of benzene rings is 2. The van der Waals surface area contributed by atoms with Crippen molar-refractivity contribution in [3.63, 3.8) is 0 Å². The number of carbonyl (C=O) groups is 1. The molecule has 0 aliphatic carbocycles. The number of hydrogen-bond donors (Lipinski definition) is 2. The van der Waals surface area contributed by atoms with Crippen LogP contribution in [0.25, 0.3) is 0 Å². The Bertz CT molecular complexity index is 737. The Morgan fingerprint density at radius 2 is 1.71 bits per heavy atom. The van der Waals surface area contributed by atoms with E-state index in [-0.39, 0.29) is 15.7 Å². The number of rotatable bonds is 2. The van der Waals surface area contributed by atoms with Gasteiger partial charge in [-0.3, -0.25) is 4.79 Å². The molecule has 0 aromatic heterocycles. The fraction of sp³-hybridized carbons (Fsp3) is 0. The van der Waals surface area contributed by atoms with Crippen LogP contribution in [0.4, 0.5) is 28.9 Å². The van der Waals surface area contributed by atoms with Crippen molar-refractivity contribution in [1.29, 1.82) is 0 Å². The average Bonchev–Trinajstić information content (AvgIpc) is 2.43. The summed E-state index contributed by atoms with van der Waals surface area (Å²) in [5, 5.41) is 2.05. The van der Waals surface area contributed by atoms with Crippen LogP contribution in [-0.2, 0) is 0 Å². The molecule has 8 heteroatoms. The fourth-order valence-corrected chi connectivity index (χ4v) is 2.05. The third-order valence-corrected chi connectivity index (χ3v) is 3.27. The van der Waals surface area contributed by atoms with Gasteiger partial charge >= 0.3 is 0 Å². The lowest BCUT2D eigenvalue weighted by molar-refractivity contribution is 0.102. The van der Waals surface area contributed by atoms with Crippen LogP contribution in [0.3, 0.4) is 0 Å². The van der Waals surface area contributed by atoms with E-state index < -0.39 is 34.9 Å². The number of hydrogen-bond acceptors (Lipinski definition) is 2. The van der Waals surface area contributed by atoms with Gasteiger partial charge in [0.25, 0.3) is 5.91 Å². The summed E-state index contributed by atoms with van der Waals surface area (Å²) in [6, 6.07) is 3.53. The first kappa shape index (κ1) is 15.3. The Kier molecular flexibility index (Phi) is 4.17. The molecule has 3 N–H and O–H groups in total. The molecular weight excluding hydrogens is 356 g/mol. The number of nitrogens with two attached hydrogens (primary N) is 1. The molecule has 2 aromatic carbocycles. The van der Waals surface area contributed by atoms with Crippen molar-refractivity contribution >= 4 is 33.2 Å². The molecule has 3 nitrogen and oxygen atoms in total. The number of nitrogens with one attached hydrogen (secondary N) is 1. The van der Waals surface area contributed by atoms with Gasteiger partial charge in [-0.15, -0.1) is 0 Å². The predicted octanol–water partition coefficient (Wildman–Crippen LogP) is 3.84. The molecule has 21 heavy (non-hydrogen) atoms. The third kappa shape index (κ3) is 2.99. The van der Waals surface area contributed by atoms with E-state index in [2.05, 4.69) is 21.2 Å². The molecule has 0 fully saturated rings. The minimum absolute atomic E-state index is 0.0784. The first-order valence-electron chi connectivity index (χ1n) is 5.50. The number of halogens is 5. The molecule has 1 amide bonds. The van der Waals surface area contributed by atoms with E-state index in [1.54, 1.807) is 0 Å². The molecule has 110 valence electrons. The van der Waals surface area contributed by atoms with Gasteiger partial charge in [0.15, 0.2) is 17.5 Å². The van der Waals surface area contributed by atoms with Crippen molar-refractivity contribution in [3.05, 3.63) is 57.6 Å². The van der Waals surface area contributed by atoms with Gasteiger partial charge in [-0.25, -0.2) is 17.6 Å². The molecule has 0 radical (unpaired) electrons. The van der Waals surface area contributed by atoms with Crippen LogP contribution < -0.4 is 11.1 Å². The Morgan fingerprint density at radius 1 is 1.05 bits per heavy atom. The Labute approximate surface area is 124 Å². The van der Waals surface area contributed by atoms with E-state index in [9.17, 15) is 22.4 Å². The normalized spacial score (nSPS) is 10.5. The number of nitrogen functional groups attached to an aromatic ring is 1. The predicted molar refractivity (Wildman–Crippen MR) is 72.8 cm³/mol. The standard InChI is InChI=1S/C13H7BrF4N2O/c14-6-4-8(16)9(19)3-5(6)13(21)20-10-2-1-7(15)11(17)12(10)18/h1-4H,19H2,(H,20,21). The van der Waals surface area contributed by atoms with Gasteiger partial charge in [0, 0.05) is 4.47 Å². The summed E-state index contributed by atoms with van der Waals surface area (Å²) in [4.78, 5) is 11.9. The van der Waals surface area contributed by atoms with Gasteiger partial charge in [0.05, 0.1) is 16.9 Å². The van der Waals surface area contributed by atoms with Crippen LogP contribution in [-0.4, -0.2) is 5.91 Å². The first-order valence-corrected chi connectivity index (χ1v) is 6.30. The molecule has 2 rings (SSSR count). The summed E-state index contributed by atoms with van der Waals surface area (Å²) < 4.78 is 52.6. The van der Waals surface area contributed by atoms with Gasteiger partial charge in [-0.1, -0.05) is 0 Å². The Morgan fingerprint density at radius 3 is 2.38 bits per heavy atom. The highest BCUT2D eigenvalue weighted by Crippen LogP contribution is 2.25. The molecule has 0 saturated carbocycles. The first-order chi connectivity index (χ1) is 9.81. The molecule has 0 saturated heterocycles. The summed E-state index contributed by atoms with van der Waals surface area (Å²) in [7, 11) is 0. The summed E-state index contributed by atoms with van der Waals surface area (Å²) >= 11 is 2.96. The lowest BCUT2D eigenvalue weighted by Gasteiger charge is -2.09. The zero-order chi connectivity index (χ0) is 15.7. The number of amides is 1. The van der Waals surface area contributed by atoms with Crippen molar-refractivity contribution in [3.8, 4) is 0 Å². The highest BCUT2D eigenvalue weighted by molar-refractivity contribution is 9.10. The monoisotopic (exact) mass is 362 g/mol. The third-order valence-electron chi connectivity index (χ3n) is 2.61. The summed E-state index contributed by atoms with van der Waals surface area (Å²) in [5.74, 6) is -6.21. The highest BCUT2D eigenvalue weighted by Gasteiger charge is 2.18. The molecule has 0 bridgehead atoms. The van der Waals surface area contributed by atoms with Crippen molar-refractivity contribution < 1.29 is 22.4 Å². The lowest BCUT2D eigenvalue weighted by atomic mass is 10.1. The molecule has 0 aliphatic heterocycles. The maximum atomic E-state index is 13.5. The van der Waals surface area contributed by atoms with E-state index in [1.165, 1.54) is 0 Å². The Balaban J connectivity index is 2.35. The van der Waals surface area contributed by atoms with Gasteiger partial charge in [-0.2, -0.15) is 0 Å². The van der Waals surface area contributed by atoms with Crippen LogP contribution in [0, 0.1) is 23.3 Å². The average molecular weight is 363 g/mol. The Hall–Kier alpha value is -2.09. The minimum Gasteiger partial charge on any atom is -0.396 e. The van der Waals surface area contributed by atoms with Gasteiger partial charge in [0.2, 0.25) is 0 Å². The van der Waals surface area contributed by atoms with E-state index in [1.807, 2.05) is 0 Å². The van der Waals surface area contributed by atoms with Gasteiger partial charge < -0.3 is 11.1 Å².